The Morgan fingerprint density at radius 1 is 0.562 bits per heavy atom. The Balaban J connectivity index is 2.13. The SMILES string of the molecule is O=S1OCCCCCCCCCCCCO1. The summed E-state index contributed by atoms with van der Waals surface area (Å²) in [6.07, 6.45) is 12.3. The minimum Gasteiger partial charge on any atom is -0.268 e. The van der Waals surface area contributed by atoms with E-state index in [1.54, 1.807) is 0 Å². The molecule has 1 rings (SSSR count). The molecule has 0 radical (unpaired) electrons. The highest BCUT2D eigenvalue weighted by atomic mass is 32.2. The van der Waals surface area contributed by atoms with Gasteiger partial charge in [0.15, 0.2) is 0 Å². The largest absolute Gasteiger partial charge is 0.304 e. The highest BCUT2D eigenvalue weighted by Gasteiger charge is 2.01. The lowest BCUT2D eigenvalue weighted by Crippen LogP contribution is -2.04. The van der Waals surface area contributed by atoms with Crippen molar-refractivity contribution in [3.05, 3.63) is 0 Å². The van der Waals surface area contributed by atoms with E-state index < -0.39 is 11.4 Å². The second kappa shape index (κ2) is 10.2. The number of rotatable bonds is 0. The molecule has 0 bridgehead atoms. The van der Waals surface area contributed by atoms with Crippen LogP contribution in [0.3, 0.4) is 0 Å². The second-order valence-electron chi connectivity index (χ2n) is 4.38. The van der Waals surface area contributed by atoms with Crippen LogP contribution in [0.2, 0.25) is 0 Å². The van der Waals surface area contributed by atoms with Crippen LogP contribution in [0.4, 0.5) is 0 Å². The van der Waals surface area contributed by atoms with Gasteiger partial charge in [0.05, 0.1) is 13.2 Å². The Morgan fingerprint density at radius 3 is 1.25 bits per heavy atom. The smallest absolute Gasteiger partial charge is 0.268 e. The van der Waals surface area contributed by atoms with Crippen molar-refractivity contribution in [1.82, 2.24) is 0 Å². The fourth-order valence-corrected chi connectivity index (χ4v) is 2.48. The normalized spacial score (nSPS) is 24.5. The van der Waals surface area contributed by atoms with Gasteiger partial charge < -0.3 is 0 Å². The Bertz CT molecular complexity index is 167. The van der Waals surface area contributed by atoms with Gasteiger partial charge in [-0.15, -0.1) is 0 Å². The highest BCUT2D eigenvalue weighted by Crippen LogP contribution is 2.11. The van der Waals surface area contributed by atoms with Crippen molar-refractivity contribution in [2.24, 2.45) is 0 Å². The highest BCUT2D eigenvalue weighted by molar-refractivity contribution is 7.75. The molecular weight excluding hydrogens is 224 g/mol. The maximum absolute atomic E-state index is 11.2. The molecule has 16 heavy (non-hydrogen) atoms. The number of hydrogen-bond acceptors (Lipinski definition) is 3. The molecule has 96 valence electrons. The fraction of sp³-hybridized carbons (Fsp3) is 1.00. The summed E-state index contributed by atoms with van der Waals surface area (Å²) in [5.41, 5.74) is 0. The van der Waals surface area contributed by atoms with Crippen LogP contribution in [-0.2, 0) is 19.7 Å². The minimum absolute atomic E-state index is 0.562. The predicted octanol–water partition coefficient (Wildman–Crippen LogP) is 3.51. The summed E-state index contributed by atoms with van der Waals surface area (Å²) in [6.45, 7) is 1.12. The molecule has 1 saturated heterocycles. The lowest BCUT2D eigenvalue weighted by Gasteiger charge is -2.03. The molecule has 3 nitrogen and oxygen atoms in total. The molecule has 0 aliphatic carbocycles. The van der Waals surface area contributed by atoms with Crippen LogP contribution in [0.15, 0.2) is 0 Å². The van der Waals surface area contributed by atoms with Crippen molar-refractivity contribution in [1.29, 1.82) is 0 Å². The molecule has 1 aliphatic heterocycles. The van der Waals surface area contributed by atoms with Gasteiger partial charge in [0.25, 0.3) is 0 Å². The third-order valence-corrected chi connectivity index (χ3v) is 3.62. The maximum atomic E-state index is 11.2. The van der Waals surface area contributed by atoms with Gasteiger partial charge in [-0.25, -0.2) is 0 Å². The second-order valence-corrected chi connectivity index (χ2v) is 5.26. The average molecular weight is 248 g/mol. The lowest BCUT2D eigenvalue weighted by atomic mass is 10.1. The molecule has 1 heterocycles. The molecule has 0 unspecified atom stereocenters. The van der Waals surface area contributed by atoms with E-state index >= 15 is 0 Å². The molecule has 0 aromatic heterocycles. The Morgan fingerprint density at radius 2 is 0.875 bits per heavy atom. The van der Waals surface area contributed by atoms with Crippen molar-refractivity contribution in [3.8, 4) is 0 Å². The fourth-order valence-electron chi connectivity index (χ4n) is 1.91. The zero-order valence-electron chi connectivity index (χ0n) is 10.1. The summed E-state index contributed by atoms with van der Waals surface area (Å²) in [5, 5.41) is 0. The summed E-state index contributed by atoms with van der Waals surface area (Å²) in [5.74, 6) is 0. The van der Waals surface area contributed by atoms with E-state index in [2.05, 4.69) is 0 Å². The third kappa shape index (κ3) is 8.25. The van der Waals surface area contributed by atoms with E-state index in [4.69, 9.17) is 8.37 Å². The lowest BCUT2D eigenvalue weighted by molar-refractivity contribution is 0.241. The van der Waals surface area contributed by atoms with E-state index in [1.165, 1.54) is 51.4 Å². The van der Waals surface area contributed by atoms with E-state index in [1.807, 2.05) is 0 Å². The average Bonchev–Trinajstić information content (AvgIpc) is 2.29. The predicted molar refractivity (Wildman–Crippen MR) is 66.2 cm³/mol. The third-order valence-electron chi connectivity index (χ3n) is 2.90. The van der Waals surface area contributed by atoms with Gasteiger partial charge in [0.1, 0.15) is 0 Å². The molecule has 0 aromatic carbocycles. The first-order chi connectivity index (χ1) is 7.89. The monoisotopic (exact) mass is 248 g/mol. The quantitative estimate of drug-likeness (QED) is 0.658. The van der Waals surface area contributed by atoms with Crippen LogP contribution in [0.5, 0.6) is 0 Å². The summed E-state index contributed by atoms with van der Waals surface area (Å²) in [4.78, 5) is 0. The van der Waals surface area contributed by atoms with Gasteiger partial charge in [-0.3, -0.25) is 8.37 Å². The molecular formula is C12H24O3S. The van der Waals surface area contributed by atoms with E-state index in [9.17, 15) is 4.21 Å². The van der Waals surface area contributed by atoms with Crippen molar-refractivity contribution in [2.75, 3.05) is 13.2 Å². The molecule has 4 heteroatoms. The molecule has 0 spiro atoms. The van der Waals surface area contributed by atoms with Gasteiger partial charge in [-0.05, 0) is 12.8 Å². The molecule has 0 amide bonds. The standard InChI is InChI=1S/C12H24O3S/c13-16-14-11-9-7-5-3-1-2-4-6-8-10-12-15-16/h1-12H2. The zero-order valence-corrected chi connectivity index (χ0v) is 10.9. The summed E-state index contributed by atoms with van der Waals surface area (Å²) >= 11 is -1.52. The van der Waals surface area contributed by atoms with Gasteiger partial charge in [-0.1, -0.05) is 51.4 Å². The van der Waals surface area contributed by atoms with Gasteiger partial charge >= 0.3 is 11.4 Å². The zero-order chi connectivity index (χ0) is 11.5. The molecule has 1 aliphatic rings. The first-order valence-corrected chi connectivity index (χ1v) is 7.58. The maximum Gasteiger partial charge on any atom is 0.304 e. The van der Waals surface area contributed by atoms with Crippen molar-refractivity contribution < 1.29 is 12.6 Å². The van der Waals surface area contributed by atoms with E-state index in [0.29, 0.717) is 13.2 Å². The molecule has 0 aromatic rings. The first kappa shape index (κ1) is 14.1. The summed E-state index contributed by atoms with van der Waals surface area (Å²) < 4.78 is 21.3. The van der Waals surface area contributed by atoms with Crippen LogP contribution < -0.4 is 0 Å². The minimum atomic E-state index is -1.52. The molecule has 1 fully saturated rings. The van der Waals surface area contributed by atoms with E-state index in [0.717, 1.165) is 12.8 Å². The molecule has 0 atom stereocenters. The van der Waals surface area contributed by atoms with Gasteiger partial charge in [-0.2, -0.15) is 4.21 Å². The van der Waals surface area contributed by atoms with E-state index in [-0.39, 0.29) is 0 Å². The van der Waals surface area contributed by atoms with Crippen LogP contribution in [0.25, 0.3) is 0 Å². The topological polar surface area (TPSA) is 35.5 Å². The van der Waals surface area contributed by atoms with Gasteiger partial charge in [0, 0.05) is 0 Å². The van der Waals surface area contributed by atoms with Crippen molar-refractivity contribution in [2.45, 2.75) is 64.2 Å². The first-order valence-electron chi connectivity index (χ1n) is 6.58. The Hall–Kier alpha value is 0.0700. The molecule has 0 N–H and O–H groups in total. The van der Waals surface area contributed by atoms with Crippen molar-refractivity contribution in [3.63, 3.8) is 0 Å². The molecule has 0 saturated carbocycles. The summed E-state index contributed by atoms with van der Waals surface area (Å²) in [7, 11) is 0. The van der Waals surface area contributed by atoms with Crippen molar-refractivity contribution >= 4 is 11.4 Å². The van der Waals surface area contributed by atoms with Crippen LogP contribution >= 0.6 is 0 Å². The van der Waals surface area contributed by atoms with Crippen LogP contribution in [-0.4, -0.2) is 17.4 Å². The Kier molecular flexibility index (Phi) is 9.04. The van der Waals surface area contributed by atoms with Crippen LogP contribution in [0, 0.1) is 0 Å². The summed E-state index contributed by atoms with van der Waals surface area (Å²) in [6, 6.07) is 0. The number of hydrogen-bond donors (Lipinski definition) is 0. The van der Waals surface area contributed by atoms with Gasteiger partial charge in [0.2, 0.25) is 0 Å². The van der Waals surface area contributed by atoms with Crippen LogP contribution in [0.1, 0.15) is 64.2 Å². The Labute approximate surface area is 102 Å².